The molecule has 0 spiro atoms. The average molecular weight is 502 g/mol. The van der Waals surface area contributed by atoms with Crippen LogP contribution in [0.15, 0.2) is 29.3 Å². The second kappa shape index (κ2) is 12.8. The van der Waals surface area contributed by atoms with E-state index >= 15 is 0 Å². The average Bonchev–Trinajstić information content (AvgIpc) is 2.59. The van der Waals surface area contributed by atoms with Gasteiger partial charge in [-0.25, -0.2) is 0 Å². The van der Waals surface area contributed by atoms with Crippen molar-refractivity contribution in [3.8, 4) is 0 Å². The minimum absolute atomic E-state index is 0. The number of guanidine groups is 1. The first kappa shape index (κ1) is 25.4. The van der Waals surface area contributed by atoms with Crippen molar-refractivity contribution < 1.29 is 22.7 Å². The lowest BCUT2D eigenvalue weighted by Crippen LogP contribution is -2.37. The number of ether oxygens (including phenoxy) is 1. The van der Waals surface area contributed by atoms with Gasteiger partial charge in [-0.2, -0.15) is 13.2 Å². The van der Waals surface area contributed by atoms with Gasteiger partial charge in [-0.15, -0.1) is 24.0 Å². The van der Waals surface area contributed by atoms with E-state index in [1.165, 1.54) is 4.90 Å². The molecule has 1 amide bonds. The highest BCUT2D eigenvalue weighted by molar-refractivity contribution is 14.0. The van der Waals surface area contributed by atoms with Crippen molar-refractivity contribution >= 4 is 35.8 Å². The van der Waals surface area contributed by atoms with Crippen LogP contribution in [-0.2, 0) is 11.3 Å². The highest BCUT2D eigenvalue weighted by atomic mass is 127. The van der Waals surface area contributed by atoms with Gasteiger partial charge in [-0.1, -0.05) is 12.1 Å². The molecule has 0 aromatic heterocycles. The van der Waals surface area contributed by atoms with Gasteiger partial charge in [0.1, 0.15) is 6.61 Å². The van der Waals surface area contributed by atoms with Crippen LogP contribution in [0.1, 0.15) is 22.3 Å². The predicted octanol–water partition coefficient (Wildman–Crippen LogP) is 2.64. The van der Waals surface area contributed by atoms with Gasteiger partial charge in [0.05, 0.1) is 0 Å². The van der Waals surface area contributed by atoms with E-state index in [0.29, 0.717) is 31.0 Å². The molecule has 1 aromatic carbocycles. The fraction of sp³-hybridized carbons (Fsp3) is 0.529. The molecule has 0 bridgehead atoms. The Balaban J connectivity index is 0.00000676. The summed E-state index contributed by atoms with van der Waals surface area (Å²) in [5, 5.41) is 6.09. The molecule has 0 radical (unpaired) electrons. The molecule has 0 saturated heterocycles. The summed E-state index contributed by atoms with van der Waals surface area (Å²) in [6, 6.07) is 7.21. The highest BCUT2D eigenvalue weighted by Crippen LogP contribution is 2.14. The molecule has 2 N–H and O–H groups in total. The normalized spacial score (nSPS) is 11.6. The summed E-state index contributed by atoms with van der Waals surface area (Å²) in [5.41, 5.74) is 1.58. The third-order valence-corrected chi connectivity index (χ3v) is 3.31. The molecule has 6 nitrogen and oxygen atoms in total. The standard InChI is InChI=1S/C17H25F3N4O2.HI/c1-21-16(22-9-4-10-26-12-17(18,19)20)23-11-13-5-7-14(8-6-13)15(25)24(2)3;/h5-8H,4,9-12H2,1-3H3,(H2,21,22,23);1H. The Kier molecular flexibility index (Phi) is 12.0. The molecule has 154 valence electrons. The van der Waals surface area contributed by atoms with Gasteiger partial charge in [-0.05, 0) is 24.1 Å². The van der Waals surface area contributed by atoms with E-state index in [0.717, 1.165) is 5.56 Å². The molecule has 10 heteroatoms. The summed E-state index contributed by atoms with van der Waals surface area (Å²) >= 11 is 0. The summed E-state index contributed by atoms with van der Waals surface area (Å²) in [5.74, 6) is 0.476. The van der Waals surface area contributed by atoms with Crippen molar-refractivity contribution in [2.45, 2.75) is 19.1 Å². The molecule has 0 unspecified atom stereocenters. The smallest absolute Gasteiger partial charge is 0.372 e. The molecule has 0 aliphatic rings. The highest BCUT2D eigenvalue weighted by Gasteiger charge is 2.27. The molecule has 0 atom stereocenters. The van der Waals surface area contributed by atoms with E-state index in [-0.39, 0.29) is 36.5 Å². The number of alkyl halides is 3. The van der Waals surface area contributed by atoms with Gasteiger partial charge in [0.15, 0.2) is 5.96 Å². The maximum absolute atomic E-state index is 11.9. The van der Waals surface area contributed by atoms with E-state index in [1.54, 1.807) is 33.3 Å². The Hall–Kier alpha value is -1.56. The predicted molar refractivity (Wildman–Crippen MR) is 110 cm³/mol. The number of carbonyl (C=O) groups excluding carboxylic acids is 1. The fourth-order valence-corrected chi connectivity index (χ4v) is 2.00. The van der Waals surface area contributed by atoms with E-state index in [4.69, 9.17) is 0 Å². The lowest BCUT2D eigenvalue weighted by atomic mass is 10.1. The molecule has 1 aromatic rings. The maximum Gasteiger partial charge on any atom is 0.411 e. The molecule has 0 aliphatic heterocycles. The zero-order chi connectivity index (χ0) is 19.6. The fourth-order valence-electron chi connectivity index (χ4n) is 2.00. The number of amides is 1. The van der Waals surface area contributed by atoms with Crippen molar-refractivity contribution in [1.29, 1.82) is 0 Å². The molecule has 0 fully saturated rings. The van der Waals surface area contributed by atoms with Crippen molar-refractivity contribution in [3.05, 3.63) is 35.4 Å². The van der Waals surface area contributed by atoms with E-state index in [2.05, 4.69) is 20.4 Å². The topological polar surface area (TPSA) is 66.0 Å². The number of benzene rings is 1. The second-order valence-corrected chi connectivity index (χ2v) is 5.77. The first-order chi connectivity index (χ1) is 12.2. The minimum atomic E-state index is -4.29. The van der Waals surface area contributed by atoms with Crippen LogP contribution >= 0.6 is 24.0 Å². The van der Waals surface area contributed by atoms with E-state index < -0.39 is 12.8 Å². The maximum atomic E-state index is 11.9. The Morgan fingerprint density at radius 2 is 1.81 bits per heavy atom. The summed E-state index contributed by atoms with van der Waals surface area (Å²) in [6.45, 7) is -0.272. The van der Waals surface area contributed by atoms with Crippen LogP contribution in [0.25, 0.3) is 0 Å². The number of aliphatic imine (C=N–C) groups is 1. The van der Waals surface area contributed by atoms with Gasteiger partial charge >= 0.3 is 6.18 Å². The lowest BCUT2D eigenvalue weighted by Gasteiger charge is -2.13. The zero-order valence-electron chi connectivity index (χ0n) is 15.6. The number of hydrogen-bond donors (Lipinski definition) is 2. The summed E-state index contributed by atoms with van der Waals surface area (Å²) in [7, 11) is 5.00. The molecule has 0 heterocycles. The van der Waals surface area contributed by atoms with Gasteiger partial charge < -0.3 is 20.3 Å². The number of nitrogens with one attached hydrogen (secondary N) is 2. The van der Waals surface area contributed by atoms with Crippen LogP contribution in [0.5, 0.6) is 0 Å². The molecule has 1 rings (SSSR count). The van der Waals surface area contributed by atoms with Gasteiger partial charge in [0.25, 0.3) is 5.91 Å². The van der Waals surface area contributed by atoms with Gasteiger partial charge in [0, 0.05) is 46.4 Å². The SMILES string of the molecule is CN=C(NCCCOCC(F)(F)F)NCc1ccc(C(=O)N(C)C)cc1.I. The Labute approximate surface area is 174 Å². The van der Waals surface area contributed by atoms with Crippen molar-refractivity contribution in [1.82, 2.24) is 15.5 Å². The van der Waals surface area contributed by atoms with Crippen LogP contribution in [0.2, 0.25) is 0 Å². The largest absolute Gasteiger partial charge is 0.411 e. The number of nitrogens with zero attached hydrogens (tertiary/aromatic N) is 2. The third-order valence-electron chi connectivity index (χ3n) is 3.31. The van der Waals surface area contributed by atoms with Crippen LogP contribution < -0.4 is 10.6 Å². The quantitative estimate of drug-likeness (QED) is 0.249. The second-order valence-electron chi connectivity index (χ2n) is 5.77. The number of rotatable bonds is 8. The van der Waals surface area contributed by atoms with Crippen LogP contribution in [-0.4, -0.2) is 63.8 Å². The Morgan fingerprint density at radius 3 is 2.33 bits per heavy atom. The Morgan fingerprint density at radius 1 is 1.19 bits per heavy atom. The monoisotopic (exact) mass is 502 g/mol. The van der Waals surface area contributed by atoms with Gasteiger partial charge in [0.2, 0.25) is 0 Å². The van der Waals surface area contributed by atoms with Gasteiger partial charge in [-0.3, -0.25) is 9.79 Å². The summed E-state index contributed by atoms with van der Waals surface area (Å²) < 4.78 is 40.3. The molecule has 0 saturated carbocycles. The zero-order valence-corrected chi connectivity index (χ0v) is 17.9. The summed E-state index contributed by atoms with van der Waals surface area (Å²) in [4.78, 5) is 17.4. The first-order valence-corrected chi connectivity index (χ1v) is 8.12. The first-order valence-electron chi connectivity index (χ1n) is 8.12. The van der Waals surface area contributed by atoms with E-state index in [9.17, 15) is 18.0 Å². The van der Waals surface area contributed by atoms with E-state index in [1.807, 2.05) is 12.1 Å². The Bertz CT molecular complexity index is 593. The van der Waals surface area contributed by atoms with Crippen LogP contribution in [0, 0.1) is 0 Å². The van der Waals surface area contributed by atoms with Crippen molar-refractivity contribution in [3.63, 3.8) is 0 Å². The molecule has 0 aliphatic carbocycles. The number of hydrogen-bond acceptors (Lipinski definition) is 3. The number of halogens is 4. The van der Waals surface area contributed by atoms with Crippen LogP contribution in [0.4, 0.5) is 13.2 Å². The van der Waals surface area contributed by atoms with Crippen LogP contribution in [0.3, 0.4) is 0 Å². The molecule has 27 heavy (non-hydrogen) atoms. The number of carbonyl (C=O) groups is 1. The van der Waals surface area contributed by atoms with Crippen molar-refractivity contribution in [2.24, 2.45) is 4.99 Å². The lowest BCUT2D eigenvalue weighted by molar-refractivity contribution is -0.173. The molecular weight excluding hydrogens is 476 g/mol. The minimum Gasteiger partial charge on any atom is -0.372 e. The third kappa shape index (κ3) is 11.0. The van der Waals surface area contributed by atoms with Crippen molar-refractivity contribution in [2.75, 3.05) is 40.9 Å². The summed E-state index contributed by atoms with van der Waals surface area (Å²) in [6.07, 6.45) is -3.87. The molecular formula is C17H26F3IN4O2.